The predicted molar refractivity (Wildman–Crippen MR) is 71.8 cm³/mol. The molecule has 1 unspecified atom stereocenters. The number of rotatable bonds is 7. The van der Waals surface area contributed by atoms with Gasteiger partial charge in [0.2, 0.25) is 0 Å². The van der Waals surface area contributed by atoms with Gasteiger partial charge in [-0.15, -0.1) is 0 Å². The highest BCUT2D eigenvalue weighted by molar-refractivity contribution is 7.48. The normalized spacial score (nSPS) is 15.4. The Morgan fingerprint density at radius 2 is 1.85 bits per heavy atom. The summed E-state index contributed by atoms with van der Waals surface area (Å²) < 4.78 is 20.8. The number of para-hydroxylation sites is 1. The van der Waals surface area contributed by atoms with Gasteiger partial charge in [-0.25, -0.2) is 9.36 Å². The summed E-state index contributed by atoms with van der Waals surface area (Å²) >= 11 is 0. The van der Waals surface area contributed by atoms with Crippen molar-refractivity contribution in [3.8, 4) is 5.75 Å². The molecule has 0 aliphatic rings. The van der Waals surface area contributed by atoms with Crippen LogP contribution in [0.25, 0.3) is 0 Å². The highest BCUT2D eigenvalue weighted by atomic mass is 31.2. The number of carbonyl (C=O) groups is 1. The minimum Gasteiger partial charge on any atom is -0.395 e. The zero-order valence-electron chi connectivity index (χ0n) is 11.5. The molecule has 0 radical (unpaired) electrons. The molecule has 1 aromatic carbocycles. The first-order valence-corrected chi connectivity index (χ1v) is 7.52. The van der Waals surface area contributed by atoms with Crippen molar-refractivity contribution in [3.63, 3.8) is 0 Å². The highest BCUT2D eigenvalue weighted by Crippen LogP contribution is 2.44. The number of hydrogen-bond donors (Lipinski definition) is 2. The van der Waals surface area contributed by atoms with Crippen LogP contribution in [0.15, 0.2) is 30.3 Å². The number of benzene rings is 1. The maximum Gasteiger partial charge on any atom is 0.587 e. The zero-order chi connectivity index (χ0) is 15.2. The lowest BCUT2D eigenvalue weighted by Gasteiger charge is -2.17. The molecule has 1 aromatic rings. The van der Waals surface area contributed by atoms with Gasteiger partial charge in [-0.05, 0) is 32.9 Å². The third-order valence-electron chi connectivity index (χ3n) is 2.00. The van der Waals surface area contributed by atoms with Gasteiger partial charge < -0.3 is 9.05 Å². The topological polar surface area (TPSA) is 94.1 Å². The molecule has 0 saturated heterocycles. The second-order valence-corrected chi connectivity index (χ2v) is 5.59. The Bertz CT molecular complexity index is 478. The summed E-state index contributed by atoms with van der Waals surface area (Å²) in [7, 11) is -4.52. The Labute approximate surface area is 117 Å². The van der Waals surface area contributed by atoms with Gasteiger partial charge >= 0.3 is 13.8 Å². The Kier molecular flexibility index (Phi) is 6.16. The Morgan fingerprint density at radius 1 is 1.25 bits per heavy atom. The highest BCUT2D eigenvalue weighted by Gasteiger charge is 2.30. The Balaban J connectivity index is 2.53. The van der Waals surface area contributed by atoms with Crippen LogP contribution in [0.4, 0.5) is 0 Å². The fraction of sp³-hybridized carbons (Fsp3) is 0.417. The number of phosphoric acid groups is 1. The van der Waals surface area contributed by atoms with E-state index in [1.54, 1.807) is 32.0 Å². The molecule has 0 spiro atoms. The maximum atomic E-state index is 11.7. The minimum absolute atomic E-state index is 0.130. The summed E-state index contributed by atoms with van der Waals surface area (Å²) in [4.78, 5) is 26.1. The van der Waals surface area contributed by atoms with Gasteiger partial charge in [-0.2, -0.15) is 5.48 Å². The molecule has 8 heteroatoms. The number of phosphoric ester groups is 1. The fourth-order valence-corrected chi connectivity index (χ4v) is 1.92. The molecular formula is C12H18NO6P. The smallest absolute Gasteiger partial charge is 0.395 e. The molecule has 0 heterocycles. The maximum absolute atomic E-state index is 11.7. The average molecular weight is 303 g/mol. The van der Waals surface area contributed by atoms with Crippen molar-refractivity contribution in [2.45, 2.75) is 32.9 Å². The van der Waals surface area contributed by atoms with E-state index in [4.69, 9.17) is 9.36 Å². The lowest BCUT2D eigenvalue weighted by Crippen LogP contribution is -2.36. The molecule has 0 amide bonds. The predicted octanol–water partition coefficient (Wildman–Crippen LogP) is 2.03. The molecule has 20 heavy (non-hydrogen) atoms. The van der Waals surface area contributed by atoms with E-state index in [1.807, 2.05) is 0 Å². The van der Waals surface area contributed by atoms with E-state index in [1.165, 1.54) is 19.1 Å². The van der Waals surface area contributed by atoms with Gasteiger partial charge in [0.05, 0.1) is 6.10 Å². The van der Waals surface area contributed by atoms with Crippen molar-refractivity contribution in [1.82, 2.24) is 5.48 Å². The lowest BCUT2D eigenvalue weighted by atomic mass is 10.3. The molecular weight excluding hydrogens is 285 g/mol. The third kappa shape index (κ3) is 6.16. The molecule has 0 aliphatic carbocycles. The van der Waals surface area contributed by atoms with Gasteiger partial charge in [0, 0.05) is 0 Å². The van der Waals surface area contributed by atoms with Crippen LogP contribution in [0.3, 0.4) is 0 Å². The van der Waals surface area contributed by atoms with Gasteiger partial charge in [0.25, 0.3) is 0 Å². The van der Waals surface area contributed by atoms with Crippen molar-refractivity contribution in [1.29, 1.82) is 0 Å². The SMILES string of the molecule is CC(C)ON[C@@H](C)C(=O)OP(=O)(O)Oc1ccccc1. The molecule has 0 bridgehead atoms. The molecule has 112 valence electrons. The minimum atomic E-state index is -4.52. The van der Waals surface area contributed by atoms with Gasteiger partial charge in [0.1, 0.15) is 11.8 Å². The third-order valence-corrected chi connectivity index (χ3v) is 2.86. The van der Waals surface area contributed by atoms with Gasteiger partial charge in [0.15, 0.2) is 0 Å². The molecule has 0 aromatic heterocycles. The first kappa shape index (κ1) is 16.7. The molecule has 0 saturated carbocycles. The van der Waals surface area contributed by atoms with Crippen molar-refractivity contribution in [3.05, 3.63) is 30.3 Å². The van der Waals surface area contributed by atoms with Crippen LogP contribution in [0.2, 0.25) is 0 Å². The van der Waals surface area contributed by atoms with Crippen molar-refractivity contribution in [2.75, 3.05) is 0 Å². The van der Waals surface area contributed by atoms with E-state index in [9.17, 15) is 14.3 Å². The number of carbonyl (C=O) groups excluding carboxylic acids is 1. The van der Waals surface area contributed by atoms with Crippen LogP contribution < -0.4 is 10.0 Å². The van der Waals surface area contributed by atoms with E-state index in [0.29, 0.717) is 0 Å². The molecule has 1 rings (SSSR count). The summed E-state index contributed by atoms with van der Waals surface area (Å²) in [6.07, 6.45) is -0.147. The summed E-state index contributed by atoms with van der Waals surface area (Å²) in [6, 6.07) is 7.00. The second-order valence-electron chi connectivity index (χ2n) is 4.29. The zero-order valence-corrected chi connectivity index (χ0v) is 12.4. The largest absolute Gasteiger partial charge is 0.587 e. The molecule has 2 N–H and O–H groups in total. The van der Waals surface area contributed by atoms with Crippen LogP contribution in [-0.2, 0) is 18.7 Å². The van der Waals surface area contributed by atoms with E-state index in [0.717, 1.165) is 0 Å². The summed E-state index contributed by atoms with van der Waals surface area (Å²) in [5, 5.41) is 0. The summed E-state index contributed by atoms with van der Waals surface area (Å²) in [6.45, 7) is 4.97. The quantitative estimate of drug-likeness (QED) is 0.588. The van der Waals surface area contributed by atoms with E-state index >= 15 is 0 Å². The standard InChI is InChI=1S/C12H18NO6P/c1-9(2)17-13-10(3)12(14)19-20(15,16)18-11-7-5-4-6-8-11/h4-10,13H,1-3H3,(H,15,16)/t10-/m0/s1. The van der Waals surface area contributed by atoms with Crippen LogP contribution in [0.5, 0.6) is 5.75 Å². The molecule has 2 atom stereocenters. The Morgan fingerprint density at radius 3 is 2.40 bits per heavy atom. The van der Waals surface area contributed by atoms with Gasteiger partial charge in [-0.1, -0.05) is 18.2 Å². The van der Waals surface area contributed by atoms with Crippen LogP contribution in [0, 0.1) is 0 Å². The first-order chi connectivity index (χ1) is 9.30. The molecule has 7 nitrogen and oxygen atoms in total. The van der Waals surface area contributed by atoms with Crippen LogP contribution >= 0.6 is 7.82 Å². The monoisotopic (exact) mass is 303 g/mol. The number of hydrogen-bond acceptors (Lipinski definition) is 6. The number of hydroxylamine groups is 1. The van der Waals surface area contributed by atoms with Crippen LogP contribution in [-0.4, -0.2) is 23.0 Å². The van der Waals surface area contributed by atoms with E-state index in [2.05, 4.69) is 10.0 Å². The number of nitrogens with one attached hydrogen (secondary N) is 1. The van der Waals surface area contributed by atoms with Gasteiger partial charge in [-0.3, -0.25) is 9.73 Å². The van der Waals surface area contributed by atoms with Crippen LogP contribution in [0.1, 0.15) is 20.8 Å². The van der Waals surface area contributed by atoms with E-state index < -0.39 is 19.8 Å². The van der Waals surface area contributed by atoms with Crippen molar-refractivity contribution < 1.29 is 28.1 Å². The fourth-order valence-electron chi connectivity index (χ4n) is 1.11. The summed E-state index contributed by atoms with van der Waals surface area (Å²) in [5.74, 6) is -0.822. The van der Waals surface area contributed by atoms with Crippen molar-refractivity contribution in [2.24, 2.45) is 0 Å². The lowest BCUT2D eigenvalue weighted by molar-refractivity contribution is -0.143. The average Bonchev–Trinajstić information content (AvgIpc) is 2.35. The van der Waals surface area contributed by atoms with E-state index in [-0.39, 0.29) is 11.9 Å². The van der Waals surface area contributed by atoms with Crippen molar-refractivity contribution >= 4 is 13.8 Å². The second kappa shape index (κ2) is 7.40. The Hall–Kier alpha value is -1.40. The first-order valence-electron chi connectivity index (χ1n) is 6.02. The molecule has 0 aliphatic heterocycles. The summed E-state index contributed by atoms with van der Waals surface area (Å²) in [5.41, 5.74) is 2.41. The molecule has 0 fully saturated rings.